The zero-order valence-corrected chi connectivity index (χ0v) is 17.8. The molecule has 1 aromatic heterocycles. The van der Waals surface area contributed by atoms with E-state index in [0.717, 1.165) is 10.7 Å². The molecule has 0 aliphatic carbocycles. The van der Waals surface area contributed by atoms with Crippen LogP contribution in [0.1, 0.15) is 16.1 Å². The lowest BCUT2D eigenvalue weighted by molar-refractivity contribution is -0.142. The topological polar surface area (TPSA) is 75.4 Å². The van der Waals surface area contributed by atoms with Gasteiger partial charge in [0.15, 0.2) is 5.69 Å². The number of thioether (sulfide) groups is 1. The average Bonchev–Trinajstić information content (AvgIpc) is 3.41. The van der Waals surface area contributed by atoms with Crippen molar-refractivity contribution >= 4 is 35.2 Å². The second-order valence-electron chi connectivity index (χ2n) is 6.98. The van der Waals surface area contributed by atoms with E-state index in [2.05, 4.69) is 5.10 Å². The number of benzene rings is 2. The van der Waals surface area contributed by atoms with Crippen molar-refractivity contribution in [2.45, 2.75) is 12.2 Å². The molecule has 0 spiro atoms. The van der Waals surface area contributed by atoms with E-state index < -0.39 is 29.8 Å². The summed E-state index contributed by atoms with van der Waals surface area (Å²) in [5.41, 5.74) is -0.0360. The van der Waals surface area contributed by atoms with Crippen molar-refractivity contribution in [3.63, 3.8) is 0 Å². The van der Waals surface area contributed by atoms with E-state index >= 15 is 0 Å². The standard InChI is InChI=1S/C21H15ClF3N3O3S/c22-14-3-1-2-4-15(14)28-16(9-18(26-28)21(23,24)25)12-5-7-13(8-6-12)19(29)27-11-32-10-17(27)20(30)31/h1-9,17H,10-11H2,(H,30,31). The molecular formula is C21H15ClF3N3O3S. The minimum atomic E-state index is -4.66. The molecule has 2 heterocycles. The van der Waals surface area contributed by atoms with Gasteiger partial charge in [0.1, 0.15) is 6.04 Å². The molecule has 6 nitrogen and oxygen atoms in total. The number of alkyl halides is 3. The second kappa shape index (κ2) is 8.51. The number of hydrogen-bond acceptors (Lipinski definition) is 4. The summed E-state index contributed by atoms with van der Waals surface area (Å²) in [6.07, 6.45) is -4.66. The summed E-state index contributed by atoms with van der Waals surface area (Å²) >= 11 is 7.52. The smallest absolute Gasteiger partial charge is 0.435 e. The lowest BCUT2D eigenvalue weighted by Gasteiger charge is -2.20. The van der Waals surface area contributed by atoms with Gasteiger partial charge in [-0.05, 0) is 30.3 Å². The van der Waals surface area contributed by atoms with Crippen LogP contribution in [0, 0.1) is 0 Å². The highest BCUT2D eigenvalue weighted by Crippen LogP contribution is 2.35. The number of nitrogens with zero attached hydrogens (tertiary/aromatic N) is 3. The van der Waals surface area contributed by atoms with Gasteiger partial charge < -0.3 is 10.0 Å². The molecule has 1 unspecified atom stereocenters. The highest BCUT2D eigenvalue weighted by Gasteiger charge is 2.36. The fourth-order valence-corrected chi connectivity index (χ4v) is 4.69. The minimum Gasteiger partial charge on any atom is -0.480 e. The number of amides is 1. The van der Waals surface area contributed by atoms with Gasteiger partial charge in [0.25, 0.3) is 5.91 Å². The molecule has 32 heavy (non-hydrogen) atoms. The van der Waals surface area contributed by atoms with Gasteiger partial charge in [0.2, 0.25) is 0 Å². The average molecular weight is 482 g/mol. The number of para-hydroxylation sites is 1. The van der Waals surface area contributed by atoms with Crippen LogP contribution >= 0.6 is 23.4 Å². The number of aliphatic carboxylic acids is 1. The molecule has 11 heteroatoms. The van der Waals surface area contributed by atoms with Crippen LogP contribution < -0.4 is 0 Å². The predicted octanol–water partition coefficient (Wildman–Crippen LogP) is 4.81. The summed E-state index contributed by atoms with van der Waals surface area (Å²) in [4.78, 5) is 25.4. The molecule has 2 aromatic carbocycles. The Morgan fingerprint density at radius 1 is 1.12 bits per heavy atom. The van der Waals surface area contributed by atoms with Crippen molar-refractivity contribution in [2.24, 2.45) is 0 Å². The number of carboxylic acids is 1. The zero-order valence-electron chi connectivity index (χ0n) is 16.2. The quantitative estimate of drug-likeness (QED) is 0.578. The number of halogens is 4. The van der Waals surface area contributed by atoms with Crippen molar-refractivity contribution in [3.8, 4) is 16.9 Å². The Hall–Kier alpha value is -2.98. The fraction of sp³-hybridized carbons (Fsp3) is 0.190. The van der Waals surface area contributed by atoms with E-state index in [-0.39, 0.29) is 27.8 Å². The van der Waals surface area contributed by atoms with Gasteiger partial charge in [-0.1, -0.05) is 35.9 Å². The summed E-state index contributed by atoms with van der Waals surface area (Å²) in [7, 11) is 0. The van der Waals surface area contributed by atoms with E-state index in [9.17, 15) is 27.9 Å². The Balaban J connectivity index is 1.71. The van der Waals surface area contributed by atoms with Gasteiger partial charge >= 0.3 is 12.1 Å². The number of hydrogen-bond donors (Lipinski definition) is 1. The number of carbonyl (C=O) groups is 2. The second-order valence-corrected chi connectivity index (χ2v) is 8.39. The van der Waals surface area contributed by atoms with Crippen LogP contribution in [0.15, 0.2) is 54.6 Å². The lowest BCUT2D eigenvalue weighted by Crippen LogP contribution is -2.41. The van der Waals surface area contributed by atoms with Crippen LogP contribution in [0.2, 0.25) is 5.02 Å². The molecule has 1 aliphatic heterocycles. The molecule has 4 rings (SSSR count). The first-order valence-electron chi connectivity index (χ1n) is 9.31. The molecular weight excluding hydrogens is 467 g/mol. The summed E-state index contributed by atoms with van der Waals surface area (Å²) in [6.45, 7) is 0. The monoisotopic (exact) mass is 481 g/mol. The lowest BCUT2D eigenvalue weighted by atomic mass is 10.1. The first kappa shape index (κ1) is 22.2. The third-order valence-corrected chi connectivity index (χ3v) is 6.27. The highest BCUT2D eigenvalue weighted by atomic mass is 35.5. The summed E-state index contributed by atoms with van der Waals surface area (Å²) < 4.78 is 41.2. The number of rotatable bonds is 4. The molecule has 0 bridgehead atoms. The zero-order chi connectivity index (χ0) is 23.0. The third-order valence-electron chi connectivity index (χ3n) is 4.94. The van der Waals surface area contributed by atoms with Gasteiger partial charge in [-0.15, -0.1) is 11.8 Å². The molecule has 0 saturated carbocycles. The summed E-state index contributed by atoms with van der Waals surface area (Å²) in [6, 6.07) is 12.3. The van der Waals surface area contributed by atoms with Crippen molar-refractivity contribution in [1.82, 2.24) is 14.7 Å². The summed E-state index contributed by atoms with van der Waals surface area (Å²) in [5, 5.41) is 13.2. The fourth-order valence-electron chi connectivity index (χ4n) is 3.33. The Morgan fingerprint density at radius 2 is 1.81 bits per heavy atom. The normalized spacial score (nSPS) is 16.4. The molecule has 166 valence electrons. The number of aromatic nitrogens is 2. The highest BCUT2D eigenvalue weighted by molar-refractivity contribution is 7.99. The molecule has 1 N–H and O–H groups in total. The number of carboxylic acid groups (broad SMARTS) is 1. The van der Waals surface area contributed by atoms with E-state index in [1.165, 1.54) is 40.9 Å². The molecule has 3 aromatic rings. The Kier molecular flexibility index (Phi) is 5.91. The third kappa shape index (κ3) is 4.20. The Morgan fingerprint density at radius 3 is 2.44 bits per heavy atom. The van der Waals surface area contributed by atoms with Gasteiger partial charge in [0.05, 0.1) is 22.3 Å². The van der Waals surface area contributed by atoms with Gasteiger partial charge in [-0.25, -0.2) is 9.48 Å². The first-order valence-corrected chi connectivity index (χ1v) is 10.8. The van der Waals surface area contributed by atoms with E-state index in [0.29, 0.717) is 11.3 Å². The molecule has 1 saturated heterocycles. The maximum atomic E-state index is 13.3. The van der Waals surface area contributed by atoms with E-state index in [4.69, 9.17) is 11.6 Å². The molecule has 0 radical (unpaired) electrons. The molecule has 1 amide bonds. The van der Waals surface area contributed by atoms with Crippen LogP contribution in [-0.4, -0.2) is 49.3 Å². The van der Waals surface area contributed by atoms with Crippen molar-refractivity contribution < 1.29 is 27.9 Å². The molecule has 1 fully saturated rings. The SMILES string of the molecule is O=C(O)C1CSCN1C(=O)c1ccc(-c2cc(C(F)(F)F)nn2-c2ccccc2Cl)cc1. The van der Waals surface area contributed by atoms with Crippen LogP contribution in [0.25, 0.3) is 16.9 Å². The van der Waals surface area contributed by atoms with Crippen LogP contribution in [0.3, 0.4) is 0 Å². The van der Waals surface area contributed by atoms with E-state index in [1.54, 1.807) is 24.3 Å². The molecule has 1 aliphatic rings. The predicted molar refractivity (Wildman–Crippen MR) is 114 cm³/mol. The Labute approximate surface area is 189 Å². The van der Waals surface area contributed by atoms with Gasteiger partial charge in [0, 0.05) is 16.9 Å². The number of carbonyl (C=O) groups excluding carboxylic acids is 1. The van der Waals surface area contributed by atoms with Gasteiger partial charge in [-0.2, -0.15) is 18.3 Å². The first-order chi connectivity index (χ1) is 15.2. The summed E-state index contributed by atoms with van der Waals surface area (Å²) in [5.74, 6) is -0.977. The van der Waals surface area contributed by atoms with Crippen LogP contribution in [-0.2, 0) is 11.0 Å². The van der Waals surface area contributed by atoms with Crippen LogP contribution in [0.5, 0.6) is 0 Å². The van der Waals surface area contributed by atoms with Crippen LogP contribution in [0.4, 0.5) is 13.2 Å². The van der Waals surface area contributed by atoms with E-state index in [1.807, 2.05) is 0 Å². The Bertz CT molecular complexity index is 1180. The minimum absolute atomic E-state index is 0.143. The van der Waals surface area contributed by atoms with Crippen molar-refractivity contribution in [2.75, 3.05) is 11.6 Å². The maximum Gasteiger partial charge on any atom is 0.435 e. The van der Waals surface area contributed by atoms with Crippen molar-refractivity contribution in [3.05, 3.63) is 70.9 Å². The maximum absolute atomic E-state index is 13.3. The van der Waals surface area contributed by atoms with Gasteiger partial charge in [-0.3, -0.25) is 4.79 Å². The largest absolute Gasteiger partial charge is 0.480 e. The molecule has 1 atom stereocenters. The van der Waals surface area contributed by atoms with Crippen molar-refractivity contribution in [1.29, 1.82) is 0 Å².